The Morgan fingerprint density at radius 1 is 1.35 bits per heavy atom. The highest BCUT2D eigenvalue weighted by atomic mass is 19.1. The van der Waals surface area contributed by atoms with Gasteiger partial charge in [0, 0.05) is 17.7 Å². The highest BCUT2D eigenvalue weighted by Gasteiger charge is 2.03. The largest absolute Gasteiger partial charge is 0.383 e. The fourth-order valence-electron chi connectivity index (χ4n) is 1.73. The molecule has 0 aliphatic rings. The van der Waals surface area contributed by atoms with Crippen molar-refractivity contribution in [3.63, 3.8) is 0 Å². The van der Waals surface area contributed by atoms with E-state index in [0.717, 1.165) is 30.5 Å². The first-order valence-electron chi connectivity index (χ1n) is 7.34. The molecule has 0 aliphatic carbocycles. The van der Waals surface area contributed by atoms with E-state index in [1.165, 1.54) is 0 Å². The SMILES string of the molecule is C#CC(C)/C=C\C=C(/C)C(=C)NC(C)CCCCCF. The van der Waals surface area contributed by atoms with Gasteiger partial charge < -0.3 is 5.32 Å². The summed E-state index contributed by atoms with van der Waals surface area (Å²) in [4.78, 5) is 0. The predicted molar refractivity (Wildman–Crippen MR) is 87.1 cm³/mol. The number of terminal acetylenes is 1. The van der Waals surface area contributed by atoms with Crippen molar-refractivity contribution >= 4 is 0 Å². The van der Waals surface area contributed by atoms with Gasteiger partial charge in [0.2, 0.25) is 0 Å². The minimum atomic E-state index is -0.210. The number of rotatable bonds is 10. The lowest BCUT2D eigenvalue weighted by Gasteiger charge is -2.17. The topological polar surface area (TPSA) is 12.0 Å². The van der Waals surface area contributed by atoms with Gasteiger partial charge in [-0.1, -0.05) is 43.6 Å². The van der Waals surface area contributed by atoms with Gasteiger partial charge in [-0.2, -0.15) is 0 Å². The summed E-state index contributed by atoms with van der Waals surface area (Å²) in [6.07, 6.45) is 15.0. The molecule has 1 nitrogen and oxygen atoms in total. The summed E-state index contributed by atoms with van der Waals surface area (Å²) in [6.45, 7) is 9.97. The summed E-state index contributed by atoms with van der Waals surface area (Å²) in [6, 6.07) is 0.360. The van der Waals surface area contributed by atoms with Crippen molar-refractivity contribution in [1.29, 1.82) is 0 Å². The number of unbranched alkanes of at least 4 members (excludes halogenated alkanes) is 2. The molecule has 0 aromatic carbocycles. The number of nitrogens with one attached hydrogen (secondary N) is 1. The number of hydrogen-bond donors (Lipinski definition) is 1. The highest BCUT2D eigenvalue weighted by Crippen LogP contribution is 2.09. The first kappa shape index (κ1) is 18.5. The van der Waals surface area contributed by atoms with Crippen LogP contribution in [-0.4, -0.2) is 12.7 Å². The minimum absolute atomic E-state index is 0.148. The Bertz CT molecular complexity index is 373. The molecule has 0 saturated carbocycles. The predicted octanol–water partition coefficient (Wildman–Crippen LogP) is 4.78. The van der Waals surface area contributed by atoms with Crippen LogP contribution in [-0.2, 0) is 0 Å². The maximum atomic E-state index is 12.0. The van der Waals surface area contributed by atoms with Gasteiger partial charge in [-0.15, -0.1) is 6.42 Å². The quantitative estimate of drug-likeness (QED) is 0.344. The Balaban J connectivity index is 4.09. The van der Waals surface area contributed by atoms with Gasteiger partial charge in [0.15, 0.2) is 0 Å². The van der Waals surface area contributed by atoms with E-state index in [1.54, 1.807) is 0 Å². The molecule has 0 amide bonds. The molecule has 0 heterocycles. The standard InChI is InChI=1S/C18H28FN/c1-6-15(2)11-10-12-16(3)18(5)20-17(4)13-8-7-9-14-19/h1,10-12,15,17,20H,5,7-9,13-14H2,2-4H3/b11-10-,16-12+. The molecule has 0 radical (unpaired) electrons. The Hall–Kier alpha value is -1.49. The molecular weight excluding hydrogens is 249 g/mol. The Labute approximate surface area is 124 Å². The van der Waals surface area contributed by atoms with E-state index >= 15 is 0 Å². The van der Waals surface area contributed by atoms with Crippen molar-refractivity contribution in [1.82, 2.24) is 5.32 Å². The lowest BCUT2D eigenvalue weighted by molar-refractivity contribution is 0.442. The zero-order valence-corrected chi connectivity index (χ0v) is 13.1. The van der Waals surface area contributed by atoms with Gasteiger partial charge in [0.25, 0.3) is 0 Å². The van der Waals surface area contributed by atoms with Crippen molar-refractivity contribution in [2.75, 3.05) is 6.67 Å². The van der Waals surface area contributed by atoms with Crippen LogP contribution in [0.3, 0.4) is 0 Å². The third-order valence-electron chi connectivity index (χ3n) is 3.18. The molecule has 0 saturated heterocycles. The number of alkyl halides is 1. The molecule has 2 atom stereocenters. The molecule has 2 unspecified atom stereocenters. The monoisotopic (exact) mass is 277 g/mol. The lowest BCUT2D eigenvalue weighted by Crippen LogP contribution is -2.25. The minimum Gasteiger partial charge on any atom is -0.383 e. The smallest absolute Gasteiger partial charge is 0.0894 e. The van der Waals surface area contributed by atoms with Gasteiger partial charge in [0.1, 0.15) is 0 Å². The van der Waals surface area contributed by atoms with Crippen molar-refractivity contribution < 1.29 is 4.39 Å². The average molecular weight is 277 g/mol. The van der Waals surface area contributed by atoms with Crippen LogP contribution in [0.4, 0.5) is 4.39 Å². The van der Waals surface area contributed by atoms with Gasteiger partial charge >= 0.3 is 0 Å². The van der Waals surface area contributed by atoms with E-state index in [9.17, 15) is 4.39 Å². The van der Waals surface area contributed by atoms with Crippen LogP contribution in [0.25, 0.3) is 0 Å². The zero-order valence-electron chi connectivity index (χ0n) is 13.1. The second-order valence-corrected chi connectivity index (χ2v) is 5.25. The van der Waals surface area contributed by atoms with Crippen LogP contribution in [0.5, 0.6) is 0 Å². The summed E-state index contributed by atoms with van der Waals surface area (Å²) in [7, 11) is 0. The summed E-state index contributed by atoms with van der Waals surface area (Å²) in [5.74, 6) is 2.80. The molecule has 0 bridgehead atoms. The number of allylic oxidation sites excluding steroid dienone is 4. The van der Waals surface area contributed by atoms with Crippen molar-refractivity contribution in [3.8, 4) is 12.3 Å². The molecular formula is C18H28FN. The van der Waals surface area contributed by atoms with E-state index in [4.69, 9.17) is 6.42 Å². The van der Waals surface area contributed by atoms with E-state index in [1.807, 2.05) is 32.1 Å². The first-order valence-corrected chi connectivity index (χ1v) is 7.34. The summed E-state index contributed by atoms with van der Waals surface area (Å²) < 4.78 is 12.0. The molecule has 0 aromatic rings. The normalized spacial score (nSPS) is 14.8. The molecule has 0 fully saturated rings. The maximum Gasteiger partial charge on any atom is 0.0894 e. The van der Waals surface area contributed by atoms with E-state index in [0.29, 0.717) is 12.5 Å². The van der Waals surface area contributed by atoms with Gasteiger partial charge in [-0.25, -0.2) is 0 Å². The van der Waals surface area contributed by atoms with Gasteiger partial charge in [-0.05, 0) is 39.2 Å². The van der Waals surface area contributed by atoms with Crippen LogP contribution >= 0.6 is 0 Å². The summed E-state index contributed by atoms with van der Waals surface area (Å²) in [5.41, 5.74) is 2.03. The highest BCUT2D eigenvalue weighted by molar-refractivity contribution is 5.29. The van der Waals surface area contributed by atoms with Crippen LogP contribution in [0.1, 0.15) is 46.5 Å². The number of halogens is 1. The van der Waals surface area contributed by atoms with E-state index in [2.05, 4.69) is 24.7 Å². The molecule has 20 heavy (non-hydrogen) atoms. The fraction of sp³-hybridized carbons (Fsp3) is 0.556. The molecule has 0 spiro atoms. The molecule has 0 aliphatic heterocycles. The first-order chi connectivity index (χ1) is 9.51. The van der Waals surface area contributed by atoms with E-state index in [-0.39, 0.29) is 12.6 Å². The third-order valence-corrected chi connectivity index (χ3v) is 3.18. The molecule has 112 valence electrons. The van der Waals surface area contributed by atoms with Crippen molar-refractivity contribution in [2.24, 2.45) is 5.92 Å². The Morgan fingerprint density at radius 2 is 2.05 bits per heavy atom. The number of hydrogen-bond acceptors (Lipinski definition) is 1. The zero-order chi connectivity index (χ0) is 15.4. The molecule has 0 aromatic heterocycles. The molecule has 0 rings (SSSR count). The fourth-order valence-corrected chi connectivity index (χ4v) is 1.73. The summed E-state index contributed by atoms with van der Waals surface area (Å²) >= 11 is 0. The Kier molecular flexibility index (Phi) is 10.5. The maximum absolute atomic E-state index is 12.0. The Morgan fingerprint density at radius 3 is 2.65 bits per heavy atom. The van der Waals surface area contributed by atoms with Crippen molar-refractivity contribution in [2.45, 2.75) is 52.5 Å². The molecule has 1 N–H and O–H groups in total. The van der Waals surface area contributed by atoms with E-state index < -0.39 is 0 Å². The second-order valence-electron chi connectivity index (χ2n) is 5.25. The lowest BCUT2D eigenvalue weighted by atomic mass is 10.1. The van der Waals surface area contributed by atoms with Crippen LogP contribution < -0.4 is 5.32 Å². The van der Waals surface area contributed by atoms with Gasteiger partial charge in [-0.3, -0.25) is 4.39 Å². The average Bonchev–Trinajstić information content (AvgIpc) is 2.43. The van der Waals surface area contributed by atoms with Crippen LogP contribution in [0, 0.1) is 18.3 Å². The van der Waals surface area contributed by atoms with Crippen LogP contribution in [0.15, 0.2) is 36.1 Å². The van der Waals surface area contributed by atoms with Crippen molar-refractivity contribution in [3.05, 3.63) is 36.1 Å². The summed E-state index contributed by atoms with van der Waals surface area (Å²) in [5, 5.41) is 3.38. The molecule has 2 heteroatoms. The van der Waals surface area contributed by atoms with Gasteiger partial charge in [0.05, 0.1) is 6.67 Å². The van der Waals surface area contributed by atoms with Crippen LogP contribution in [0.2, 0.25) is 0 Å². The third kappa shape index (κ3) is 9.44. The second kappa shape index (κ2) is 11.3.